The Hall–Kier alpha value is -2.26. The second-order valence-electron chi connectivity index (χ2n) is 6.71. The molecule has 0 saturated heterocycles. The summed E-state index contributed by atoms with van der Waals surface area (Å²) in [5.74, 6) is -0.107. The van der Waals surface area contributed by atoms with E-state index >= 15 is 0 Å². The quantitative estimate of drug-likeness (QED) is 0.406. The van der Waals surface area contributed by atoms with Gasteiger partial charge in [0.25, 0.3) is 11.3 Å². The highest BCUT2D eigenvalue weighted by Gasteiger charge is 2.19. The van der Waals surface area contributed by atoms with Gasteiger partial charge in [-0.15, -0.1) is 11.3 Å². The van der Waals surface area contributed by atoms with Crippen LogP contribution in [0.2, 0.25) is 5.02 Å². The number of halogens is 1. The van der Waals surface area contributed by atoms with Gasteiger partial charge in [0.05, 0.1) is 18.2 Å². The normalized spacial score (nSPS) is 12.9. The van der Waals surface area contributed by atoms with Crippen molar-refractivity contribution >= 4 is 45.8 Å². The van der Waals surface area contributed by atoms with E-state index in [0.29, 0.717) is 17.1 Å². The molecule has 30 heavy (non-hydrogen) atoms. The minimum Gasteiger partial charge on any atom is -0.346 e. The number of rotatable bonds is 9. The second-order valence-corrected chi connectivity index (χ2v) is 8.74. The number of hydrogen-bond acceptors (Lipinski definition) is 4. The summed E-state index contributed by atoms with van der Waals surface area (Å²) in [5.41, 5.74) is 3.36. The van der Waals surface area contributed by atoms with E-state index in [4.69, 9.17) is 16.2 Å². The predicted octanol–water partition coefficient (Wildman–Crippen LogP) is 4.55. The monoisotopic (exact) mass is 463 g/mol. The third kappa shape index (κ3) is 6.63. The van der Waals surface area contributed by atoms with E-state index < -0.39 is 11.3 Å². The average Bonchev–Trinajstić information content (AvgIpc) is 3.18. The number of nitrogens with one attached hydrogen (secondary N) is 2. The van der Waals surface area contributed by atoms with E-state index in [9.17, 15) is 9.00 Å². The minimum absolute atomic E-state index is 0.107. The molecule has 3 aromatic rings. The van der Waals surface area contributed by atoms with Crippen LogP contribution in [0, 0.1) is 0 Å². The lowest BCUT2D eigenvalue weighted by atomic mass is 10.0. The van der Waals surface area contributed by atoms with Crippen LogP contribution < -0.4 is 10.0 Å². The van der Waals surface area contributed by atoms with Gasteiger partial charge in [0, 0.05) is 16.1 Å². The predicted molar refractivity (Wildman–Crippen MR) is 122 cm³/mol. The van der Waals surface area contributed by atoms with Gasteiger partial charge in [-0.2, -0.15) is 0 Å². The number of amides is 1. The Kier molecular flexibility index (Phi) is 7.98. The Bertz CT molecular complexity index is 1020. The number of anilines is 1. The Morgan fingerprint density at radius 3 is 2.63 bits per heavy atom. The van der Waals surface area contributed by atoms with Crippen LogP contribution in [0.4, 0.5) is 5.69 Å². The first kappa shape index (κ1) is 22.4. The summed E-state index contributed by atoms with van der Waals surface area (Å²) in [5, 5.41) is 6.56. The van der Waals surface area contributed by atoms with Crippen molar-refractivity contribution < 1.29 is 13.6 Å². The number of benzene rings is 2. The number of hydrogen-bond donors (Lipinski definition) is 3. The van der Waals surface area contributed by atoms with E-state index in [0.717, 1.165) is 28.2 Å². The van der Waals surface area contributed by atoms with Crippen LogP contribution in [0.1, 0.15) is 34.8 Å². The molecule has 0 saturated carbocycles. The second kappa shape index (κ2) is 10.7. The minimum atomic E-state index is -2.12. The van der Waals surface area contributed by atoms with Crippen LogP contribution in [0.15, 0.2) is 53.9 Å². The van der Waals surface area contributed by atoms with Crippen molar-refractivity contribution in [2.45, 2.75) is 32.2 Å². The van der Waals surface area contributed by atoms with Gasteiger partial charge in [-0.1, -0.05) is 42.8 Å². The molecule has 1 heterocycles. The molecule has 0 fully saturated rings. The topological polar surface area (TPSA) is 91.3 Å². The third-order valence-electron chi connectivity index (χ3n) is 4.42. The molecule has 2 atom stereocenters. The van der Waals surface area contributed by atoms with Crippen LogP contribution >= 0.6 is 22.9 Å². The Morgan fingerprint density at radius 1 is 1.23 bits per heavy atom. The lowest BCUT2D eigenvalue weighted by molar-refractivity contribution is -0.121. The molecule has 0 radical (unpaired) electrons. The lowest BCUT2D eigenvalue weighted by Gasteiger charge is -2.17. The summed E-state index contributed by atoms with van der Waals surface area (Å²) >= 11 is 5.44. The van der Waals surface area contributed by atoms with Crippen molar-refractivity contribution in [2.75, 3.05) is 4.72 Å². The highest BCUT2D eigenvalue weighted by molar-refractivity contribution is 7.80. The van der Waals surface area contributed by atoms with Crippen LogP contribution in [-0.4, -0.2) is 19.7 Å². The highest BCUT2D eigenvalue weighted by Crippen LogP contribution is 2.24. The zero-order valence-electron chi connectivity index (χ0n) is 16.3. The molecule has 0 aliphatic rings. The largest absolute Gasteiger partial charge is 0.346 e. The number of nitrogens with zero attached hydrogens (tertiary/aromatic N) is 1. The summed E-state index contributed by atoms with van der Waals surface area (Å²) in [6.45, 7) is 2.04. The van der Waals surface area contributed by atoms with Crippen molar-refractivity contribution in [1.82, 2.24) is 10.3 Å². The molecule has 2 aromatic carbocycles. The van der Waals surface area contributed by atoms with Gasteiger partial charge in [-0.25, -0.2) is 9.19 Å². The fraction of sp³-hybridized carbons (Fsp3) is 0.238. The zero-order valence-corrected chi connectivity index (χ0v) is 18.7. The molecule has 1 aromatic heterocycles. The molecule has 6 nitrogen and oxygen atoms in total. The van der Waals surface area contributed by atoms with Crippen LogP contribution in [0.25, 0.3) is 0 Å². The molecule has 0 spiro atoms. The van der Waals surface area contributed by atoms with E-state index in [1.807, 2.05) is 36.6 Å². The van der Waals surface area contributed by atoms with Crippen molar-refractivity contribution in [1.29, 1.82) is 0 Å². The van der Waals surface area contributed by atoms with E-state index in [2.05, 4.69) is 15.0 Å². The molecule has 3 rings (SSSR count). The van der Waals surface area contributed by atoms with E-state index in [1.54, 1.807) is 24.3 Å². The maximum Gasteiger partial charge on any atom is 0.259 e. The van der Waals surface area contributed by atoms with Gasteiger partial charge in [0.2, 0.25) is 5.91 Å². The summed E-state index contributed by atoms with van der Waals surface area (Å²) in [4.78, 5) is 17.4. The first-order chi connectivity index (χ1) is 14.4. The smallest absolute Gasteiger partial charge is 0.259 e. The van der Waals surface area contributed by atoms with Crippen molar-refractivity contribution in [2.24, 2.45) is 0 Å². The Labute approximate surface area is 187 Å². The number of thiazole rings is 1. The number of aryl methyl sites for hydroxylation is 1. The highest BCUT2D eigenvalue weighted by atomic mass is 35.5. The lowest BCUT2D eigenvalue weighted by Crippen LogP contribution is -2.31. The van der Waals surface area contributed by atoms with Crippen LogP contribution in [-0.2, 0) is 35.3 Å². The van der Waals surface area contributed by atoms with Crippen LogP contribution in [0.3, 0.4) is 0 Å². The summed E-state index contributed by atoms with van der Waals surface area (Å²) < 4.78 is 22.2. The molecule has 0 aliphatic heterocycles. The summed E-state index contributed by atoms with van der Waals surface area (Å²) in [7, 11) is 0. The molecule has 1 unspecified atom stereocenters. The summed E-state index contributed by atoms with van der Waals surface area (Å²) in [6.07, 6.45) is 1.62. The zero-order chi connectivity index (χ0) is 21.5. The molecular formula is C21H22ClN3O3S2. The maximum atomic E-state index is 12.7. The third-order valence-corrected chi connectivity index (χ3v) is 6.07. The standard InChI is InChI=1S/C21H22ClN3O3S2/c1-2-17-13-29-21(23-17)19(11-14-6-8-18(9-7-14)25-30(27)28)24-20(26)12-15-4-3-5-16(22)10-15/h3-10,13,19,25H,2,11-12H2,1H3,(H,24,26)(H,27,28)/t19-/m0/s1. The van der Waals surface area contributed by atoms with Gasteiger partial charge in [-0.3, -0.25) is 14.1 Å². The van der Waals surface area contributed by atoms with Gasteiger partial charge in [0.1, 0.15) is 5.01 Å². The molecule has 3 N–H and O–H groups in total. The maximum absolute atomic E-state index is 12.7. The fourth-order valence-corrected chi connectivity index (χ4v) is 4.47. The van der Waals surface area contributed by atoms with Gasteiger partial charge >= 0.3 is 0 Å². The Balaban J connectivity index is 1.74. The number of carbonyl (C=O) groups excluding carboxylic acids is 1. The van der Waals surface area contributed by atoms with Gasteiger partial charge in [0.15, 0.2) is 0 Å². The summed E-state index contributed by atoms with van der Waals surface area (Å²) in [6, 6.07) is 14.2. The van der Waals surface area contributed by atoms with Gasteiger partial charge in [-0.05, 0) is 48.2 Å². The fourth-order valence-electron chi connectivity index (χ4n) is 2.97. The molecule has 158 valence electrons. The van der Waals surface area contributed by atoms with E-state index in [1.165, 1.54) is 11.3 Å². The molecule has 9 heteroatoms. The average molecular weight is 464 g/mol. The van der Waals surface area contributed by atoms with Gasteiger partial charge < -0.3 is 5.32 Å². The molecular weight excluding hydrogens is 442 g/mol. The number of aromatic nitrogens is 1. The Morgan fingerprint density at radius 2 is 2.00 bits per heavy atom. The first-order valence-electron chi connectivity index (χ1n) is 9.37. The SMILES string of the molecule is CCc1csc([C@H](Cc2ccc(NS(=O)O)cc2)NC(=O)Cc2cccc(Cl)c2)n1. The molecule has 0 bridgehead atoms. The van der Waals surface area contributed by atoms with Crippen molar-refractivity contribution in [3.05, 3.63) is 80.8 Å². The first-order valence-corrected chi connectivity index (χ1v) is 11.7. The van der Waals surface area contributed by atoms with Crippen molar-refractivity contribution in [3.8, 4) is 0 Å². The van der Waals surface area contributed by atoms with Crippen molar-refractivity contribution in [3.63, 3.8) is 0 Å². The number of carbonyl (C=O) groups is 1. The van der Waals surface area contributed by atoms with E-state index in [-0.39, 0.29) is 18.4 Å². The molecule has 1 amide bonds. The molecule has 0 aliphatic carbocycles. The van der Waals surface area contributed by atoms with Crippen LogP contribution in [0.5, 0.6) is 0 Å².